The Balaban J connectivity index is 1.12. The van der Waals surface area contributed by atoms with Crippen molar-refractivity contribution in [1.82, 2.24) is 0 Å². The highest BCUT2D eigenvalue weighted by molar-refractivity contribution is 5.33. The summed E-state index contributed by atoms with van der Waals surface area (Å²) in [7, 11) is 0. The second-order valence-electron chi connectivity index (χ2n) is 12.7. The maximum Gasteiger partial charge on any atom is 0.442 e. The third kappa shape index (κ3) is 7.79. The number of hydrogen-bond acceptors (Lipinski definition) is 9. The lowest BCUT2D eigenvalue weighted by Crippen LogP contribution is -2.41. The van der Waals surface area contributed by atoms with Gasteiger partial charge in [-0.1, -0.05) is 72.8 Å². The molecule has 3 heterocycles. The van der Waals surface area contributed by atoms with Gasteiger partial charge in [-0.05, 0) is 30.5 Å². The molecule has 9 nitrogen and oxygen atoms in total. The predicted molar refractivity (Wildman–Crippen MR) is 158 cm³/mol. The van der Waals surface area contributed by atoms with Crippen LogP contribution in [0.5, 0.6) is 0 Å². The topological polar surface area (TPSA) is 102 Å². The lowest BCUT2D eigenvalue weighted by Gasteiger charge is -2.34. The highest BCUT2D eigenvalue weighted by atomic mass is 19.4. The van der Waals surface area contributed by atoms with Crippen molar-refractivity contribution >= 4 is 0 Å². The average molecular weight is 675 g/mol. The molecule has 15 heteroatoms. The first kappa shape index (κ1) is 33.8. The summed E-state index contributed by atoms with van der Waals surface area (Å²) in [6.07, 6.45) is -10.5. The van der Waals surface area contributed by atoms with Gasteiger partial charge in [0.05, 0.1) is 46.1 Å². The molecular weight excluding hydrogens is 642 g/mol. The van der Waals surface area contributed by atoms with Crippen molar-refractivity contribution in [2.24, 2.45) is 36.1 Å². The summed E-state index contributed by atoms with van der Waals surface area (Å²) in [5.74, 6) is 0. The Morgan fingerprint density at radius 3 is 1.10 bits per heavy atom. The second-order valence-corrected chi connectivity index (χ2v) is 12.7. The van der Waals surface area contributed by atoms with Crippen LogP contribution in [0, 0.1) is 5.41 Å². The minimum atomic E-state index is -4.67. The average Bonchev–Trinajstić information content (AvgIpc) is 3.92. The number of alkyl halides is 6. The smallest absolute Gasteiger partial charge is 0.376 e. The molecule has 0 fully saturated rings. The Morgan fingerprint density at radius 1 is 0.500 bits per heavy atom. The summed E-state index contributed by atoms with van der Waals surface area (Å²) < 4.78 is 99.9. The van der Waals surface area contributed by atoms with Crippen molar-refractivity contribution < 1.29 is 40.6 Å². The van der Waals surface area contributed by atoms with Crippen LogP contribution in [-0.4, -0.2) is 32.2 Å². The molecular formula is C33H32F6N6O3. The molecule has 0 atom stereocenters. The van der Waals surface area contributed by atoms with Gasteiger partial charge in [-0.15, -0.1) is 10.2 Å². The van der Waals surface area contributed by atoms with Crippen LogP contribution in [0.25, 0.3) is 0 Å². The number of ether oxygens (including phenoxy) is 3. The molecule has 0 spiro atoms. The second kappa shape index (κ2) is 12.4. The van der Waals surface area contributed by atoms with Crippen LogP contribution < -0.4 is 0 Å². The molecule has 3 aromatic carbocycles. The standard InChI is InChI=1S/C33H32F6N6O3/c1-28(40-41-28)25-9-3-22(4-10-25)15-46-19-30(18-31(34,35)36,20-47-16-23-5-11-26(12-6-23)29(2)42-43-29)21-48-17-24-7-13-27(14-8-24)32(44-45-32)33(37,38)39/h3-14H,15-21H2,1-2H3. The van der Waals surface area contributed by atoms with E-state index in [4.69, 9.17) is 14.2 Å². The lowest BCUT2D eigenvalue weighted by atomic mass is 9.86. The molecule has 0 aliphatic carbocycles. The summed E-state index contributed by atoms with van der Waals surface area (Å²) in [6.45, 7) is 2.58. The van der Waals surface area contributed by atoms with Gasteiger partial charge >= 0.3 is 18.0 Å². The van der Waals surface area contributed by atoms with E-state index in [0.717, 1.165) is 22.3 Å². The van der Waals surface area contributed by atoms with E-state index in [1.807, 2.05) is 62.4 Å². The molecule has 0 saturated heterocycles. The van der Waals surface area contributed by atoms with E-state index in [0.29, 0.717) is 5.56 Å². The van der Waals surface area contributed by atoms with Crippen LogP contribution in [-0.2, 0) is 51.0 Å². The van der Waals surface area contributed by atoms with E-state index in [2.05, 4.69) is 30.7 Å². The number of halogens is 6. The molecule has 0 amide bonds. The fourth-order valence-corrected chi connectivity index (χ4v) is 5.35. The van der Waals surface area contributed by atoms with Gasteiger partial charge in [0.2, 0.25) is 11.3 Å². The summed E-state index contributed by atoms with van der Waals surface area (Å²) in [5, 5.41) is 22.4. The minimum Gasteiger partial charge on any atom is -0.376 e. The van der Waals surface area contributed by atoms with Gasteiger partial charge in [-0.3, -0.25) is 0 Å². The normalized spacial score (nSPS) is 18.2. The molecule has 0 unspecified atom stereocenters. The summed E-state index contributed by atoms with van der Waals surface area (Å²) >= 11 is 0. The molecule has 0 radical (unpaired) electrons. The Hall–Kier alpha value is -4.08. The minimum absolute atomic E-state index is 0.0414. The maximum absolute atomic E-state index is 14.1. The fourth-order valence-electron chi connectivity index (χ4n) is 5.35. The van der Waals surface area contributed by atoms with Crippen LogP contribution in [0.4, 0.5) is 26.3 Å². The van der Waals surface area contributed by atoms with Gasteiger partial charge in [0.1, 0.15) is 0 Å². The van der Waals surface area contributed by atoms with Gasteiger partial charge in [0.15, 0.2) is 0 Å². The monoisotopic (exact) mass is 674 g/mol. The third-order valence-corrected chi connectivity index (χ3v) is 8.46. The van der Waals surface area contributed by atoms with Gasteiger partial charge in [0, 0.05) is 22.1 Å². The SMILES string of the molecule is CC1(c2ccc(COCC(COCc3ccc(C4(C)N=N4)cc3)(COCc3ccc(C4(C(F)(F)F)N=N4)cc3)CC(F)(F)F)cc2)N=N1. The first-order chi connectivity index (χ1) is 22.6. The predicted octanol–water partition coefficient (Wildman–Crippen LogP) is 9.03. The summed E-state index contributed by atoms with van der Waals surface area (Å²) in [5.41, 5.74) is -1.72. The van der Waals surface area contributed by atoms with Gasteiger partial charge in [0.25, 0.3) is 0 Å². The third-order valence-electron chi connectivity index (χ3n) is 8.46. The van der Waals surface area contributed by atoms with Crippen LogP contribution in [0.2, 0.25) is 0 Å². The van der Waals surface area contributed by atoms with Gasteiger partial charge in [-0.25, -0.2) is 0 Å². The van der Waals surface area contributed by atoms with Crippen molar-refractivity contribution in [1.29, 1.82) is 0 Å². The molecule has 48 heavy (non-hydrogen) atoms. The van der Waals surface area contributed by atoms with E-state index >= 15 is 0 Å². The Labute approximate surface area is 272 Å². The Kier molecular flexibility index (Phi) is 8.75. The van der Waals surface area contributed by atoms with Crippen molar-refractivity contribution in [2.45, 2.75) is 69.4 Å². The van der Waals surface area contributed by atoms with Crippen LogP contribution in [0.1, 0.15) is 53.6 Å². The quantitative estimate of drug-likeness (QED) is 0.142. The molecule has 6 rings (SSSR count). The number of benzene rings is 3. The Morgan fingerprint density at radius 2 is 0.833 bits per heavy atom. The molecule has 3 aromatic rings. The summed E-state index contributed by atoms with van der Waals surface area (Å²) in [4.78, 5) is 0. The molecule has 0 saturated carbocycles. The number of rotatable bonds is 16. The lowest BCUT2D eigenvalue weighted by molar-refractivity contribution is -0.190. The first-order valence-corrected chi connectivity index (χ1v) is 15.1. The highest BCUT2D eigenvalue weighted by Crippen LogP contribution is 2.52. The van der Waals surface area contributed by atoms with E-state index in [1.54, 1.807) is 0 Å². The molecule has 0 N–H and O–H groups in total. The zero-order valence-electron chi connectivity index (χ0n) is 26.1. The largest absolute Gasteiger partial charge is 0.442 e. The zero-order valence-corrected chi connectivity index (χ0v) is 26.1. The molecule has 254 valence electrons. The van der Waals surface area contributed by atoms with Gasteiger partial charge in [-0.2, -0.15) is 46.8 Å². The van der Waals surface area contributed by atoms with Crippen molar-refractivity contribution in [3.63, 3.8) is 0 Å². The number of hydrogen-bond donors (Lipinski definition) is 0. The van der Waals surface area contributed by atoms with Crippen LogP contribution >= 0.6 is 0 Å². The zero-order chi connectivity index (χ0) is 34.3. The van der Waals surface area contributed by atoms with Crippen LogP contribution in [0.3, 0.4) is 0 Å². The highest BCUT2D eigenvalue weighted by Gasteiger charge is 2.65. The maximum atomic E-state index is 14.1. The van der Waals surface area contributed by atoms with Gasteiger partial charge < -0.3 is 14.2 Å². The fraction of sp³-hybridized carbons (Fsp3) is 0.455. The van der Waals surface area contributed by atoms with Crippen LogP contribution in [0.15, 0.2) is 103 Å². The van der Waals surface area contributed by atoms with E-state index in [1.165, 1.54) is 24.3 Å². The molecule has 3 aliphatic rings. The Bertz CT molecular complexity index is 1600. The van der Waals surface area contributed by atoms with Crippen molar-refractivity contribution in [2.75, 3.05) is 19.8 Å². The van der Waals surface area contributed by atoms with E-state index in [9.17, 15) is 26.3 Å². The molecule has 3 aliphatic heterocycles. The van der Waals surface area contributed by atoms with E-state index in [-0.39, 0.29) is 38.6 Å². The van der Waals surface area contributed by atoms with E-state index < -0.39 is 47.8 Å². The van der Waals surface area contributed by atoms with Crippen molar-refractivity contribution in [3.8, 4) is 0 Å². The van der Waals surface area contributed by atoms with Crippen molar-refractivity contribution in [3.05, 3.63) is 106 Å². The first-order valence-electron chi connectivity index (χ1n) is 15.1. The molecule has 0 bridgehead atoms. The molecule has 0 aromatic heterocycles. The number of nitrogens with zero attached hydrogens (tertiary/aromatic N) is 6. The summed E-state index contributed by atoms with van der Waals surface area (Å²) in [6, 6.07) is 19.9.